The number of aliphatic hydroxyl groups excluding tert-OH is 1. The summed E-state index contributed by atoms with van der Waals surface area (Å²) in [7, 11) is 0. The van der Waals surface area contributed by atoms with Gasteiger partial charge in [-0.3, -0.25) is 9.59 Å². The number of carboxylic acids is 2. The Morgan fingerprint density at radius 3 is 2.13 bits per heavy atom. The number of aliphatic carboxylic acids is 2. The van der Waals surface area contributed by atoms with Crippen LogP contribution in [-0.4, -0.2) is 99.0 Å². The van der Waals surface area contributed by atoms with Crippen LogP contribution in [0.1, 0.15) is 93.9 Å². The first-order valence-corrected chi connectivity index (χ1v) is 14.5. The summed E-state index contributed by atoms with van der Waals surface area (Å²) in [5, 5.41) is 31.8. The molecule has 0 bridgehead atoms. The zero-order chi connectivity index (χ0) is 26.9. The van der Waals surface area contributed by atoms with Gasteiger partial charge in [-0.25, -0.2) is 0 Å². The Morgan fingerprint density at radius 1 is 0.846 bits per heavy atom. The number of rotatable bonds is 20. The minimum atomic E-state index is -0.855. The molecule has 0 heterocycles. The minimum absolute atomic E-state index is 0. The Bertz CT molecular complexity index is 945. The van der Waals surface area contributed by atoms with E-state index < -0.39 is 18.0 Å². The van der Waals surface area contributed by atoms with Gasteiger partial charge >= 0.3 is 71.1 Å². The van der Waals surface area contributed by atoms with Crippen molar-refractivity contribution in [3.63, 3.8) is 0 Å². The molecule has 0 amide bonds. The molecular weight excluding hydrogens is 532 g/mol. The topological polar surface area (TPSA) is 107 Å². The van der Waals surface area contributed by atoms with Crippen molar-refractivity contribution < 1.29 is 24.9 Å². The van der Waals surface area contributed by atoms with Crippen molar-refractivity contribution in [1.29, 1.82) is 0 Å². The van der Waals surface area contributed by atoms with Gasteiger partial charge in [0.2, 0.25) is 0 Å². The first-order valence-electron chi connectivity index (χ1n) is 13.6. The predicted octanol–water partition coefficient (Wildman–Crippen LogP) is 6.02. The van der Waals surface area contributed by atoms with E-state index in [-0.39, 0.29) is 77.2 Å². The first kappa shape index (κ1) is 38.5. The van der Waals surface area contributed by atoms with E-state index in [2.05, 4.69) is 36.5 Å². The van der Waals surface area contributed by atoms with Gasteiger partial charge in [0, 0.05) is 23.5 Å². The third-order valence-electron chi connectivity index (χ3n) is 6.38. The summed E-state index contributed by atoms with van der Waals surface area (Å²) in [5.41, 5.74) is 3.14. The van der Waals surface area contributed by atoms with Crippen LogP contribution in [0.4, 0.5) is 5.69 Å². The Hall–Kier alpha value is -0.510. The normalized spacial score (nSPS) is 12.1. The average Bonchev–Trinajstić information content (AvgIpc) is 2.87. The number of anilines is 1. The van der Waals surface area contributed by atoms with Gasteiger partial charge in [-0.05, 0) is 55.0 Å². The van der Waals surface area contributed by atoms with Crippen molar-refractivity contribution in [2.24, 2.45) is 0 Å². The number of aryl methyl sites for hydroxylation is 1. The summed E-state index contributed by atoms with van der Waals surface area (Å²) < 4.78 is 0. The first-order chi connectivity index (χ1) is 17.9. The number of unbranched alkanes of at least 4 members (excludes halogenated alkanes) is 6. The molecule has 4 N–H and O–H groups in total. The monoisotopic (exact) mass is 577 g/mol. The molecule has 0 aromatic heterocycles. The van der Waals surface area contributed by atoms with Crippen LogP contribution in [0, 0.1) is 0 Å². The maximum absolute atomic E-state index is 11.0. The zero-order valence-electron chi connectivity index (χ0n) is 22.0. The van der Waals surface area contributed by atoms with Crippen molar-refractivity contribution in [2.75, 3.05) is 11.9 Å². The number of hydrogen-bond acceptors (Lipinski definition) is 5. The van der Waals surface area contributed by atoms with E-state index in [9.17, 15) is 14.7 Å². The molecule has 0 radical (unpaired) electrons. The standard InChI is InChI=1S/C30H43NO5S.2Na.2H/c1-2-3-4-5-6-7-8-11-23-16-18-24(19-17-23)30(27(32)14-10-15-28(33)34)37-26-13-9-12-25(22-26)31-21-20-29(35)36;;;;/h9,12-13,16-19,22,27,30-32H,2-8,10-11,14-15,20-21H2,1H3,(H,33,34)(H,35,36);;;;. The molecule has 0 saturated heterocycles. The van der Waals surface area contributed by atoms with Crippen LogP contribution in [0.2, 0.25) is 0 Å². The third kappa shape index (κ3) is 17.1. The van der Waals surface area contributed by atoms with Crippen molar-refractivity contribution in [1.82, 2.24) is 0 Å². The summed E-state index contributed by atoms with van der Waals surface area (Å²) in [5.74, 6) is -1.70. The molecule has 0 aliphatic carbocycles. The molecule has 2 atom stereocenters. The average molecular weight is 578 g/mol. The molecular formula is C30H45NNa2O5S. The maximum atomic E-state index is 11.0. The predicted molar refractivity (Wildman–Crippen MR) is 166 cm³/mol. The second-order valence-corrected chi connectivity index (χ2v) is 10.8. The number of carbonyl (C=O) groups is 2. The van der Waals surface area contributed by atoms with Crippen LogP contribution in [0.3, 0.4) is 0 Å². The molecule has 208 valence electrons. The Morgan fingerprint density at radius 2 is 1.49 bits per heavy atom. The van der Waals surface area contributed by atoms with E-state index in [1.807, 2.05) is 24.3 Å². The molecule has 6 nitrogen and oxygen atoms in total. The van der Waals surface area contributed by atoms with E-state index in [0.717, 1.165) is 22.6 Å². The zero-order valence-corrected chi connectivity index (χ0v) is 22.8. The van der Waals surface area contributed by atoms with E-state index in [1.165, 1.54) is 50.5 Å². The van der Waals surface area contributed by atoms with Crippen molar-refractivity contribution >= 4 is 88.5 Å². The van der Waals surface area contributed by atoms with Crippen molar-refractivity contribution in [2.45, 2.75) is 100 Å². The summed E-state index contributed by atoms with van der Waals surface area (Å²) in [6.07, 6.45) is 10.2. The summed E-state index contributed by atoms with van der Waals surface area (Å²) in [6.45, 7) is 2.58. The van der Waals surface area contributed by atoms with Gasteiger partial charge in [-0.15, -0.1) is 11.8 Å². The SMILES string of the molecule is CCCCCCCCCc1ccc(C(Sc2cccc(NCCC(=O)O)c2)C(O)CCCC(=O)O)cc1.[NaH].[NaH]. The molecule has 9 heteroatoms. The van der Waals surface area contributed by atoms with Gasteiger partial charge in [0.25, 0.3) is 0 Å². The Balaban J connectivity index is 0.00000722. The number of thioether (sulfide) groups is 1. The van der Waals surface area contributed by atoms with E-state index in [0.29, 0.717) is 19.4 Å². The number of benzene rings is 2. The molecule has 0 aliphatic heterocycles. The summed E-state index contributed by atoms with van der Waals surface area (Å²) in [6, 6.07) is 16.2. The van der Waals surface area contributed by atoms with E-state index in [1.54, 1.807) is 11.8 Å². The summed E-state index contributed by atoms with van der Waals surface area (Å²) >= 11 is 1.55. The fourth-order valence-corrected chi connectivity index (χ4v) is 5.51. The fourth-order valence-electron chi connectivity index (χ4n) is 4.28. The third-order valence-corrected chi connectivity index (χ3v) is 7.75. The molecule has 0 spiro atoms. The van der Waals surface area contributed by atoms with E-state index >= 15 is 0 Å². The number of nitrogens with one attached hydrogen (secondary N) is 1. The van der Waals surface area contributed by atoms with Crippen LogP contribution in [0.25, 0.3) is 0 Å². The summed E-state index contributed by atoms with van der Waals surface area (Å²) in [4.78, 5) is 22.7. The van der Waals surface area contributed by atoms with Gasteiger partial charge in [0.15, 0.2) is 0 Å². The molecule has 0 aliphatic rings. The van der Waals surface area contributed by atoms with Gasteiger partial charge in [0.1, 0.15) is 0 Å². The number of carboxylic acid groups (broad SMARTS) is 2. The second-order valence-electron chi connectivity index (χ2n) is 9.60. The molecule has 2 aromatic rings. The molecule has 2 unspecified atom stereocenters. The van der Waals surface area contributed by atoms with Crippen LogP contribution in [-0.2, 0) is 16.0 Å². The molecule has 2 aromatic carbocycles. The van der Waals surface area contributed by atoms with Crippen LogP contribution >= 0.6 is 11.8 Å². The van der Waals surface area contributed by atoms with Crippen molar-refractivity contribution in [3.8, 4) is 0 Å². The van der Waals surface area contributed by atoms with Gasteiger partial charge in [-0.1, -0.05) is 75.8 Å². The van der Waals surface area contributed by atoms with Crippen LogP contribution in [0.5, 0.6) is 0 Å². The fraction of sp³-hybridized carbons (Fsp3) is 0.533. The second kappa shape index (κ2) is 23.1. The molecule has 2 rings (SSSR count). The van der Waals surface area contributed by atoms with Gasteiger partial charge in [0.05, 0.1) is 17.8 Å². The van der Waals surface area contributed by atoms with Crippen molar-refractivity contribution in [3.05, 3.63) is 59.7 Å². The van der Waals surface area contributed by atoms with E-state index in [4.69, 9.17) is 10.2 Å². The number of hydrogen-bond donors (Lipinski definition) is 4. The molecule has 0 fully saturated rings. The quantitative estimate of drug-likeness (QED) is 0.0866. The van der Waals surface area contributed by atoms with Crippen LogP contribution < -0.4 is 5.32 Å². The Labute approximate surface area is 282 Å². The van der Waals surface area contributed by atoms with Gasteiger partial charge in [-0.2, -0.15) is 0 Å². The Kier molecular flexibility index (Phi) is 22.8. The van der Waals surface area contributed by atoms with Gasteiger partial charge < -0.3 is 20.6 Å². The number of aliphatic hydroxyl groups is 1. The molecule has 0 saturated carbocycles. The molecule has 39 heavy (non-hydrogen) atoms. The van der Waals surface area contributed by atoms with Crippen LogP contribution in [0.15, 0.2) is 53.4 Å².